The van der Waals surface area contributed by atoms with Crippen LogP contribution in [0.4, 0.5) is 5.69 Å². The van der Waals surface area contributed by atoms with Crippen LogP contribution < -0.4 is 15.5 Å². The summed E-state index contributed by atoms with van der Waals surface area (Å²) in [7, 11) is -2.59. The van der Waals surface area contributed by atoms with E-state index < -0.39 is 26.1 Å². The number of carbonyl (C=O) groups excluding carboxylic acids is 1. The average Bonchev–Trinajstić information content (AvgIpc) is 2.81. The SMILES string of the molecule is COc1ccc(NC(=O)Cn2cc(S(=O)(=O)c3ccc(C)cc3)c(=O)c3cc(Cl)ccc32)cc1. The number of ether oxygens (including phenoxy) is 1. The second-order valence-electron chi connectivity index (χ2n) is 7.71. The Labute approximate surface area is 201 Å². The Morgan fingerprint density at radius 3 is 2.35 bits per heavy atom. The van der Waals surface area contributed by atoms with E-state index in [4.69, 9.17) is 16.3 Å². The molecule has 3 aromatic carbocycles. The van der Waals surface area contributed by atoms with E-state index in [9.17, 15) is 18.0 Å². The number of halogens is 1. The van der Waals surface area contributed by atoms with Gasteiger partial charge in [-0.05, 0) is 61.5 Å². The number of aryl methyl sites for hydroxylation is 1. The molecule has 0 spiro atoms. The summed E-state index contributed by atoms with van der Waals surface area (Å²) in [6.45, 7) is 1.61. The van der Waals surface area contributed by atoms with Crippen LogP contribution in [0.15, 0.2) is 87.5 Å². The van der Waals surface area contributed by atoms with Crippen molar-refractivity contribution < 1.29 is 17.9 Å². The van der Waals surface area contributed by atoms with Gasteiger partial charge in [-0.25, -0.2) is 8.42 Å². The number of anilines is 1. The molecule has 174 valence electrons. The highest BCUT2D eigenvalue weighted by atomic mass is 35.5. The number of hydrogen-bond donors (Lipinski definition) is 1. The molecule has 1 aromatic heterocycles. The largest absolute Gasteiger partial charge is 0.497 e. The van der Waals surface area contributed by atoms with Crippen molar-refractivity contribution in [2.24, 2.45) is 0 Å². The van der Waals surface area contributed by atoms with E-state index in [-0.39, 0.29) is 21.8 Å². The molecular formula is C25H21ClN2O5S. The number of amides is 1. The van der Waals surface area contributed by atoms with E-state index in [1.165, 1.54) is 29.0 Å². The monoisotopic (exact) mass is 496 g/mol. The zero-order valence-electron chi connectivity index (χ0n) is 18.4. The quantitative estimate of drug-likeness (QED) is 0.426. The summed E-state index contributed by atoms with van der Waals surface area (Å²) < 4.78 is 33.2. The number of methoxy groups -OCH3 is 1. The molecule has 7 nitrogen and oxygen atoms in total. The average molecular weight is 497 g/mol. The van der Waals surface area contributed by atoms with Gasteiger partial charge in [0.15, 0.2) is 0 Å². The third kappa shape index (κ3) is 4.69. The zero-order valence-corrected chi connectivity index (χ0v) is 20.0. The van der Waals surface area contributed by atoms with E-state index in [2.05, 4.69) is 5.32 Å². The predicted octanol–water partition coefficient (Wildman–Crippen LogP) is 4.44. The lowest BCUT2D eigenvalue weighted by Crippen LogP contribution is -2.24. The van der Waals surface area contributed by atoms with Crippen LogP contribution in [0.5, 0.6) is 5.75 Å². The van der Waals surface area contributed by atoms with Gasteiger partial charge >= 0.3 is 0 Å². The standard InChI is InChI=1S/C25H21ClN2O5S/c1-16-3-10-20(11-4-16)34(31,32)23-14-28(22-12-5-17(26)13-21(22)25(23)30)15-24(29)27-18-6-8-19(33-2)9-7-18/h3-14H,15H2,1-2H3,(H,27,29). The highest BCUT2D eigenvalue weighted by molar-refractivity contribution is 7.91. The fourth-order valence-electron chi connectivity index (χ4n) is 3.54. The molecule has 0 saturated carbocycles. The van der Waals surface area contributed by atoms with Crippen molar-refractivity contribution in [3.05, 3.63) is 93.7 Å². The van der Waals surface area contributed by atoms with E-state index in [0.717, 1.165) is 5.56 Å². The van der Waals surface area contributed by atoms with Crippen molar-refractivity contribution in [3.8, 4) is 5.75 Å². The third-order valence-corrected chi connectivity index (χ3v) is 7.32. The summed E-state index contributed by atoms with van der Waals surface area (Å²) in [4.78, 5) is 25.5. The number of rotatable bonds is 6. The van der Waals surface area contributed by atoms with Crippen molar-refractivity contribution in [1.82, 2.24) is 4.57 Å². The van der Waals surface area contributed by atoms with E-state index in [1.54, 1.807) is 55.6 Å². The Morgan fingerprint density at radius 2 is 1.71 bits per heavy atom. The number of nitrogens with one attached hydrogen (secondary N) is 1. The van der Waals surface area contributed by atoms with Crippen molar-refractivity contribution in [2.45, 2.75) is 23.3 Å². The van der Waals surface area contributed by atoms with E-state index in [0.29, 0.717) is 17.0 Å². The fraction of sp³-hybridized carbons (Fsp3) is 0.120. The fourth-order valence-corrected chi connectivity index (χ4v) is 5.08. The topological polar surface area (TPSA) is 94.5 Å². The third-order valence-electron chi connectivity index (χ3n) is 5.32. The van der Waals surface area contributed by atoms with Gasteiger partial charge in [-0.2, -0.15) is 0 Å². The van der Waals surface area contributed by atoms with Crippen molar-refractivity contribution in [2.75, 3.05) is 12.4 Å². The number of carbonyl (C=O) groups is 1. The first-order chi connectivity index (χ1) is 16.2. The van der Waals surface area contributed by atoms with Crippen molar-refractivity contribution in [3.63, 3.8) is 0 Å². The van der Waals surface area contributed by atoms with Crippen LogP contribution in [-0.4, -0.2) is 26.0 Å². The molecule has 0 radical (unpaired) electrons. The van der Waals surface area contributed by atoms with Crippen LogP contribution in [0.2, 0.25) is 5.02 Å². The summed E-state index contributed by atoms with van der Waals surface area (Å²) in [6.07, 6.45) is 1.21. The lowest BCUT2D eigenvalue weighted by atomic mass is 10.2. The predicted molar refractivity (Wildman–Crippen MR) is 131 cm³/mol. The van der Waals surface area contributed by atoms with Gasteiger partial charge in [-0.3, -0.25) is 9.59 Å². The van der Waals surface area contributed by atoms with Crippen molar-refractivity contribution >= 4 is 43.9 Å². The van der Waals surface area contributed by atoms with Gasteiger partial charge < -0.3 is 14.6 Å². The highest BCUT2D eigenvalue weighted by Gasteiger charge is 2.24. The lowest BCUT2D eigenvalue weighted by molar-refractivity contribution is -0.116. The van der Waals surface area contributed by atoms with Gasteiger partial charge in [-0.15, -0.1) is 0 Å². The summed E-state index contributed by atoms with van der Waals surface area (Å²) in [5, 5.41) is 3.15. The molecule has 0 saturated heterocycles. The molecule has 0 aliphatic rings. The van der Waals surface area contributed by atoms with Crippen LogP contribution in [0, 0.1) is 6.92 Å². The summed E-state index contributed by atoms with van der Waals surface area (Å²) in [5.41, 5.74) is 1.15. The number of pyridine rings is 1. The first-order valence-corrected chi connectivity index (χ1v) is 12.1. The summed E-state index contributed by atoms with van der Waals surface area (Å²) >= 11 is 6.09. The molecule has 0 fully saturated rings. The Hall–Kier alpha value is -3.62. The van der Waals surface area contributed by atoms with E-state index >= 15 is 0 Å². The number of benzene rings is 3. The second-order valence-corrected chi connectivity index (χ2v) is 10.1. The molecule has 4 rings (SSSR count). The van der Waals surface area contributed by atoms with Crippen LogP contribution in [0.1, 0.15) is 5.56 Å². The molecular weight excluding hydrogens is 476 g/mol. The van der Waals surface area contributed by atoms with Gasteiger partial charge in [0.1, 0.15) is 17.2 Å². The zero-order chi connectivity index (χ0) is 24.5. The first-order valence-electron chi connectivity index (χ1n) is 10.3. The minimum Gasteiger partial charge on any atom is -0.497 e. The molecule has 4 aromatic rings. The molecule has 0 atom stereocenters. The van der Waals surface area contributed by atoms with Crippen molar-refractivity contribution in [1.29, 1.82) is 0 Å². The van der Waals surface area contributed by atoms with Crippen LogP contribution in [-0.2, 0) is 21.2 Å². The summed E-state index contributed by atoms with van der Waals surface area (Å²) in [6, 6.07) is 17.6. The first kappa shape index (κ1) is 23.5. The van der Waals surface area contributed by atoms with Gasteiger partial charge in [0.05, 0.1) is 17.5 Å². The number of nitrogens with zero attached hydrogens (tertiary/aromatic N) is 1. The van der Waals surface area contributed by atoms with Crippen LogP contribution in [0.3, 0.4) is 0 Å². The minimum absolute atomic E-state index is 0.00851. The molecule has 1 amide bonds. The highest BCUT2D eigenvalue weighted by Crippen LogP contribution is 2.24. The molecule has 9 heteroatoms. The lowest BCUT2D eigenvalue weighted by Gasteiger charge is -2.14. The second kappa shape index (κ2) is 9.32. The molecule has 0 unspecified atom stereocenters. The Kier molecular flexibility index (Phi) is 6.45. The molecule has 1 N–H and O–H groups in total. The minimum atomic E-state index is -4.14. The van der Waals surface area contributed by atoms with E-state index in [1.807, 2.05) is 6.92 Å². The maximum atomic E-state index is 13.3. The number of hydrogen-bond acceptors (Lipinski definition) is 5. The van der Waals surface area contributed by atoms with Gasteiger partial charge in [-0.1, -0.05) is 29.3 Å². The molecule has 0 aliphatic heterocycles. The number of fused-ring (bicyclic) bond motifs is 1. The Balaban J connectivity index is 1.78. The molecule has 0 aliphatic carbocycles. The van der Waals surface area contributed by atoms with Gasteiger partial charge in [0.25, 0.3) is 0 Å². The molecule has 1 heterocycles. The van der Waals surface area contributed by atoms with Crippen LogP contribution in [0.25, 0.3) is 10.9 Å². The number of sulfone groups is 1. The van der Waals surface area contributed by atoms with Gasteiger partial charge in [0, 0.05) is 22.3 Å². The molecule has 34 heavy (non-hydrogen) atoms. The maximum Gasteiger partial charge on any atom is 0.244 e. The smallest absolute Gasteiger partial charge is 0.244 e. The Bertz CT molecular complexity index is 1540. The Morgan fingerprint density at radius 1 is 1.03 bits per heavy atom. The van der Waals surface area contributed by atoms with Crippen LogP contribution >= 0.6 is 11.6 Å². The molecule has 0 bridgehead atoms. The van der Waals surface area contributed by atoms with Gasteiger partial charge in [0.2, 0.25) is 21.2 Å². The normalized spacial score (nSPS) is 11.4. The number of aromatic nitrogens is 1. The summed E-state index contributed by atoms with van der Waals surface area (Å²) in [5.74, 6) is 0.246. The maximum absolute atomic E-state index is 13.3.